The van der Waals surface area contributed by atoms with Crippen LogP contribution in [0.4, 0.5) is 11.4 Å². The van der Waals surface area contributed by atoms with Gasteiger partial charge in [-0.15, -0.1) is 0 Å². The summed E-state index contributed by atoms with van der Waals surface area (Å²) in [7, 11) is 0. The summed E-state index contributed by atoms with van der Waals surface area (Å²) in [6.07, 6.45) is 4.60. The van der Waals surface area contributed by atoms with E-state index in [2.05, 4.69) is 10.6 Å². The number of nitrogens with zero attached hydrogens (tertiary/aromatic N) is 1. The molecule has 0 aliphatic carbocycles. The molecule has 0 saturated carbocycles. The summed E-state index contributed by atoms with van der Waals surface area (Å²) in [6.45, 7) is 4.40. The minimum Gasteiger partial charge on any atom is -0.326 e. The number of fused-ring (bicyclic) bond motifs is 1. The third-order valence-electron chi connectivity index (χ3n) is 4.79. The Kier molecular flexibility index (Phi) is 4.96. The highest BCUT2D eigenvalue weighted by molar-refractivity contribution is 5.97. The maximum Gasteiger partial charge on any atom is 0.226 e. The second-order valence-electron chi connectivity index (χ2n) is 6.53. The standard InChI is InChI=1S/C18H25N3O2/c1-13(22)20-16-5-2-6-17-15(16)4-3-11-21(17)18(23)8-7-14-9-10-19-12-14/h2,5-6,14,19H,3-4,7-12H2,1H3,(H,20,22). The number of hydrogen-bond donors (Lipinski definition) is 2. The molecule has 2 aliphatic heterocycles. The molecule has 124 valence electrons. The first-order valence-electron chi connectivity index (χ1n) is 8.55. The van der Waals surface area contributed by atoms with Crippen LogP contribution in [0.3, 0.4) is 0 Å². The normalized spacial score (nSPS) is 20.2. The molecule has 2 aliphatic rings. The van der Waals surface area contributed by atoms with Gasteiger partial charge in [-0.25, -0.2) is 0 Å². The third-order valence-corrected chi connectivity index (χ3v) is 4.79. The number of hydrogen-bond acceptors (Lipinski definition) is 3. The summed E-state index contributed by atoms with van der Waals surface area (Å²) in [4.78, 5) is 25.9. The molecule has 1 fully saturated rings. The van der Waals surface area contributed by atoms with Gasteiger partial charge >= 0.3 is 0 Å². The van der Waals surface area contributed by atoms with Gasteiger partial charge in [-0.2, -0.15) is 0 Å². The van der Waals surface area contributed by atoms with Crippen molar-refractivity contribution < 1.29 is 9.59 Å². The van der Waals surface area contributed by atoms with Crippen LogP contribution in [0.2, 0.25) is 0 Å². The maximum absolute atomic E-state index is 12.7. The highest BCUT2D eigenvalue weighted by Crippen LogP contribution is 2.33. The minimum absolute atomic E-state index is 0.0735. The van der Waals surface area contributed by atoms with Gasteiger partial charge in [0.1, 0.15) is 0 Å². The van der Waals surface area contributed by atoms with E-state index >= 15 is 0 Å². The average Bonchev–Trinajstić information content (AvgIpc) is 3.05. The number of carbonyl (C=O) groups is 2. The first-order valence-corrected chi connectivity index (χ1v) is 8.55. The van der Waals surface area contributed by atoms with Gasteiger partial charge in [-0.3, -0.25) is 9.59 Å². The highest BCUT2D eigenvalue weighted by atomic mass is 16.2. The van der Waals surface area contributed by atoms with Crippen molar-refractivity contribution >= 4 is 23.2 Å². The van der Waals surface area contributed by atoms with Crippen LogP contribution in [0, 0.1) is 5.92 Å². The Morgan fingerprint density at radius 1 is 1.39 bits per heavy atom. The SMILES string of the molecule is CC(=O)Nc1cccc2c1CCCN2C(=O)CCC1CCNC1. The van der Waals surface area contributed by atoms with Gasteiger partial charge in [-0.1, -0.05) is 6.07 Å². The Hall–Kier alpha value is -1.88. The van der Waals surface area contributed by atoms with E-state index in [1.54, 1.807) is 0 Å². The van der Waals surface area contributed by atoms with E-state index in [9.17, 15) is 9.59 Å². The van der Waals surface area contributed by atoms with E-state index in [1.165, 1.54) is 13.3 Å². The fourth-order valence-electron chi connectivity index (χ4n) is 3.61. The molecule has 0 radical (unpaired) electrons. The molecular weight excluding hydrogens is 290 g/mol. The monoisotopic (exact) mass is 315 g/mol. The Bertz CT molecular complexity index is 594. The van der Waals surface area contributed by atoms with E-state index in [4.69, 9.17) is 0 Å². The highest BCUT2D eigenvalue weighted by Gasteiger charge is 2.25. The van der Waals surface area contributed by atoms with E-state index in [-0.39, 0.29) is 11.8 Å². The lowest BCUT2D eigenvalue weighted by Crippen LogP contribution is -2.36. The zero-order valence-electron chi connectivity index (χ0n) is 13.7. The molecule has 23 heavy (non-hydrogen) atoms. The summed E-state index contributed by atoms with van der Waals surface area (Å²) >= 11 is 0. The number of rotatable bonds is 4. The molecule has 1 atom stereocenters. The summed E-state index contributed by atoms with van der Waals surface area (Å²) in [6, 6.07) is 5.82. The van der Waals surface area contributed by atoms with Crippen LogP contribution in [-0.4, -0.2) is 31.4 Å². The fourth-order valence-corrected chi connectivity index (χ4v) is 3.61. The summed E-state index contributed by atoms with van der Waals surface area (Å²) in [5, 5.41) is 6.24. The Morgan fingerprint density at radius 2 is 2.26 bits per heavy atom. The van der Waals surface area contributed by atoms with Gasteiger partial charge in [0.25, 0.3) is 0 Å². The number of anilines is 2. The number of benzene rings is 1. The lowest BCUT2D eigenvalue weighted by Gasteiger charge is -2.31. The van der Waals surface area contributed by atoms with Crippen molar-refractivity contribution in [2.45, 2.75) is 39.0 Å². The molecule has 1 aromatic rings. The molecule has 2 N–H and O–H groups in total. The van der Waals surface area contributed by atoms with E-state index in [1.807, 2.05) is 23.1 Å². The minimum atomic E-state index is -0.0735. The molecule has 2 heterocycles. The number of carbonyl (C=O) groups excluding carboxylic acids is 2. The Balaban J connectivity index is 1.72. The smallest absolute Gasteiger partial charge is 0.226 e. The van der Waals surface area contributed by atoms with Crippen molar-refractivity contribution in [1.82, 2.24) is 5.32 Å². The van der Waals surface area contributed by atoms with E-state index in [0.717, 1.165) is 55.8 Å². The zero-order chi connectivity index (χ0) is 16.2. The van der Waals surface area contributed by atoms with Crippen LogP contribution < -0.4 is 15.5 Å². The van der Waals surface area contributed by atoms with Crippen LogP contribution in [0.25, 0.3) is 0 Å². The van der Waals surface area contributed by atoms with Crippen molar-refractivity contribution in [2.24, 2.45) is 5.92 Å². The van der Waals surface area contributed by atoms with Crippen molar-refractivity contribution in [2.75, 3.05) is 29.9 Å². The second-order valence-corrected chi connectivity index (χ2v) is 6.53. The number of nitrogens with one attached hydrogen (secondary N) is 2. The Labute approximate surface area is 137 Å². The van der Waals surface area contributed by atoms with Gasteiger partial charge in [0, 0.05) is 31.3 Å². The molecule has 0 aromatic heterocycles. The van der Waals surface area contributed by atoms with Gasteiger partial charge in [0.15, 0.2) is 0 Å². The van der Waals surface area contributed by atoms with Crippen molar-refractivity contribution in [1.29, 1.82) is 0 Å². The van der Waals surface area contributed by atoms with Crippen LogP contribution >= 0.6 is 0 Å². The predicted molar refractivity (Wildman–Crippen MR) is 91.6 cm³/mol. The summed E-state index contributed by atoms with van der Waals surface area (Å²) in [5.41, 5.74) is 2.90. The lowest BCUT2D eigenvalue weighted by atomic mass is 9.97. The largest absolute Gasteiger partial charge is 0.326 e. The molecule has 0 bridgehead atoms. The summed E-state index contributed by atoms with van der Waals surface area (Å²) in [5.74, 6) is 0.766. The van der Waals surface area contributed by atoms with Crippen molar-refractivity contribution in [3.05, 3.63) is 23.8 Å². The molecule has 1 aromatic carbocycles. The van der Waals surface area contributed by atoms with Crippen molar-refractivity contribution in [3.63, 3.8) is 0 Å². The lowest BCUT2D eigenvalue weighted by molar-refractivity contribution is -0.119. The summed E-state index contributed by atoms with van der Waals surface area (Å²) < 4.78 is 0. The second kappa shape index (κ2) is 7.13. The van der Waals surface area contributed by atoms with Crippen LogP contribution in [0.1, 0.15) is 38.2 Å². The van der Waals surface area contributed by atoms with Gasteiger partial charge in [0.05, 0.1) is 0 Å². The molecule has 5 nitrogen and oxygen atoms in total. The van der Waals surface area contributed by atoms with Crippen LogP contribution in [-0.2, 0) is 16.0 Å². The van der Waals surface area contributed by atoms with Gasteiger partial charge in [-0.05, 0) is 62.4 Å². The molecule has 5 heteroatoms. The first-order chi connectivity index (χ1) is 11.1. The molecule has 2 amide bonds. The molecule has 1 unspecified atom stereocenters. The average molecular weight is 315 g/mol. The topological polar surface area (TPSA) is 61.4 Å². The molecule has 1 saturated heterocycles. The van der Waals surface area contributed by atoms with Gasteiger partial charge < -0.3 is 15.5 Å². The molecule has 3 rings (SSSR count). The van der Waals surface area contributed by atoms with Gasteiger partial charge in [0.2, 0.25) is 11.8 Å². The van der Waals surface area contributed by atoms with Crippen LogP contribution in [0.5, 0.6) is 0 Å². The third kappa shape index (κ3) is 3.72. The zero-order valence-corrected chi connectivity index (χ0v) is 13.7. The Morgan fingerprint density at radius 3 is 3.00 bits per heavy atom. The van der Waals surface area contributed by atoms with Crippen molar-refractivity contribution in [3.8, 4) is 0 Å². The first kappa shape index (κ1) is 16.0. The predicted octanol–water partition coefficient (Wildman–Crippen LogP) is 2.31. The molecule has 0 spiro atoms. The maximum atomic E-state index is 12.7. The fraction of sp³-hybridized carbons (Fsp3) is 0.556. The van der Waals surface area contributed by atoms with Crippen LogP contribution in [0.15, 0.2) is 18.2 Å². The quantitative estimate of drug-likeness (QED) is 0.896. The van der Waals surface area contributed by atoms with E-state index in [0.29, 0.717) is 12.3 Å². The number of amides is 2. The molecular formula is C18H25N3O2. The van der Waals surface area contributed by atoms with E-state index < -0.39 is 0 Å².